The SMILES string of the molecule is CC/C=C\C/C=C\C/C=C\C/C=C\C/C=C\CCCC(=O)OC[C@H](COP(=O)(O)OC[C@H](N)C(=O)O)OC(=O)CC/C=C\C/C=C\C/C=C\C/C=C\C/C=C\CCCCC. The normalized spacial score (nSPS) is 14.9. The van der Waals surface area contributed by atoms with Gasteiger partial charge in [-0.2, -0.15) is 0 Å². The Balaban J connectivity index is 4.62. The van der Waals surface area contributed by atoms with E-state index in [-0.39, 0.29) is 12.8 Å². The van der Waals surface area contributed by atoms with Gasteiger partial charge in [-0.05, 0) is 89.9 Å². The molecule has 0 radical (unpaired) electrons. The van der Waals surface area contributed by atoms with Crippen molar-refractivity contribution in [2.75, 3.05) is 19.8 Å². The van der Waals surface area contributed by atoms with Crippen LogP contribution in [0.5, 0.6) is 0 Å². The second-order valence-corrected chi connectivity index (χ2v) is 15.2. The Bertz CT molecular complexity index is 1470. The van der Waals surface area contributed by atoms with Crippen LogP contribution in [-0.4, -0.2) is 59.9 Å². The van der Waals surface area contributed by atoms with Gasteiger partial charge in [-0.25, -0.2) is 4.57 Å². The van der Waals surface area contributed by atoms with Gasteiger partial charge in [-0.1, -0.05) is 148 Å². The standard InChI is InChI=1S/C48H74NO10P/c1-3-5-7-9-11-13-15-17-19-21-22-24-26-28-30-32-34-36-38-40-47(51)59-44(42-57-60(54,55)58-43-45(49)48(52)53)41-56-46(50)39-37-35-33-31-29-27-25-23-20-18-16-14-12-10-8-6-4-2/h6,8,11-14,17-20,22,24-25,27-28,30-31,33-34,36,44-45H,3-5,7,9-10,15-16,21,23,26,29,32,35,37-43,49H2,1-2H3,(H,52,53)(H,54,55)/b8-6-,13-11-,14-12-,19-17-,20-18-,24-22-,27-25-,30-28-,33-31-,36-34-/t44-,45+/m1/s1. The Morgan fingerprint density at radius 3 is 1.40 bits per heavy atom. The van der Waals surface area contributed by atoms with Crippen molar-refractivity contribution in [3.63, 3.8) is 0 Å². The maximum Gasteiger partial charge on any atom is 0.472 e. The minimum absolute atomic E-state index is 0.0174. The molecule has 4 N–H and O–H groups in total. The first-order valence-electron chi connectivity index (χ1n) is 21.6. The van der Waals surface area contributed by atoms with Crippen molar-refractivity contribution in [2.24, 2.45) is 5.73 Å². The highest BCUT2D eigenvalue weighted by molar-refractivity contribution is 7.47. The number of carboxylic acids is 1. The maximum atomic E-state index is 12.6. The molecule has 3 atom stereocenters. The van der Waals surface area contributed by atoms with E-state index in [4.69, 9.17) is 24.8 Å². The lowest BCUT2D eigenvalue weighted by atomic mass is 10.2. The van der Waals surface area contributed by atoms with Crippen LogP contribution >= 0.6 is 7.82 Å². The summed E-state index contributed by atoms with van der Waals surface area (Å²) >= 11 is 0. The van der Waals surface area contributed by atoms with Crippen LogP contribution in [0.1, 0.15) is 129 Å². The molecule has 0 rings (SSSR count). The van der Waals surface area contributed by atoms with Gasteiger partial charge in [0, 0.05) is 12.8 Å². The summed E-state index contributed by atoms with van der Waals surface area (Å²) in [4.78, 5) is 45.9. The van der Waals surface area contributed by atoms with Gasteiger partial charge in [0.25, 0.3) is 0 Å². The number of ether oxygens (including phenoxy) is 2. The molecule has 0 saturated carbocycles. The Morgan fingerprint density at radius 2 is 0.950 bits per heavy atom. The predicted molar refractivity (Wildman–Crippen MR) is 244 cm³/mol. The van der Waals surface area contributed by atoms with Gasteiger partial charge in [0.05, 0.1) is 13.2 Å². The number of phosphoric acid groups is 1. The molecule has 0 amide bonds. The van der Waals surface area contributed by atoms with Crippen molar-refractivity contribution in [3.8, 4) is 0 Å². The molecule has 336 valence electrons. The summed E-state index contributed by atoms with van der Waals surface area (Å²) in [7, 11) is -4.76. The van der Waals surface area contributed by atoms with E-state index in [0.29, 0.717) is 25.7 Å². The number of unbranched alkanes of at least 4 members (excludes halogenated alkanes) is 4. The fraction of sp³-hybridized carbons (Fsp3) is 0.521. The van der Waals surface area contributed by atoms with Crippen molar-refractivity contribution in [1.29, 1.82) is 0 Å². The zero-order valence-corrected chi connectivity index (χ0v) is 37.1. The number of carboxylic acid groups (broad SMARTS) is 1. The van der Waals surface area contributed by atoms with Gasteiger partial charge in [0.2, 0.25) is 0 Å². The van der Waals surface area contributed by atoms with Crippen LogP contribution in [0.25, 0.3) is 0 Å². The quantitative estimate of drug-likeness (QED) is 0.0233. The van der Waals surface area contributed by atoms with Gasteiger partial charge < -0.3 is 25.2 Å². The number of aliphatic carboxylic acids is 1. The Hall–Kier alpha value is -4.12. The van der Waals surface area contributed by atoms with Crippen LogP contribution in [0.3, 0.4) is 0 Å². The van der Waals surface area contributed by atoms with Crippen molar-refractivity contribution in [1.82, 2.24) is 0 Å². The van der Waals surface area contributed by atoms with E-state index in [1.807, 2.05) is 30.4 Å². The number of esters is 2. The highest BCUT2D eigenvalue weighted by Crippen LogP contribution is 2.43. The first-order chi connectivity index (χ1) is 29.1. The number of phosphoric ester groups is 1. The van der Waals surface area contributed by atoms with E-state index in [0.717, 1.165) is 57.8 Å². The number of nitrogens with two attached hydrogens (primary N) is 1. The molecule has 0 bridgehead atoms. The average molecular weight is 856 g/mol. The van der Waals surface area contributed by atoms with Gasteiger partial charge in [-0.15, -0.1) is 0 Å². The summed E-state index contributed by atoms with van der Waals surface area (Å²) in [6, 6.07) is -1.55. The van der Waals surface area contributed by atoms with Crippen molar-refractivity contribution < 1.29 is 47.5 Å². The Kier molecular flexibility index (Phi) is 38.8. The lowest BCUT2D eigenvalue weighted by molar-refractivity contribution is -0.161. The number of carbonyl (C=O) groups is 3. The molecule has 12 heteroatoms. The summed E-state index contributed by atoms with van der Waals surface area (Å²) in [5.74, 6) is -2.58. The minimum Gasteiger partial charge on any atom is -0.480 e. The molecule has 60 heavy (non-hydrogen) atoms. The molecule has 0 aromatic heterocycles. The van der Waals surface area contributed by atoms with Gasteiger partial charge in [0.1, 0.15) is 12.6 Å². The summed E-state index contributed by atoms with van der Waals surface area (Å²) < 4.78 is 32.5. The second kappa shape index (κ2) is 41.6. The molecule has 0 heterocycles. The van der Waals surface area contributed by atoms with E-state index in [1.54, 1.807) is 0 Å². The number of hydrogen-bond acceptors (Lipinski definition) is 9. The summed E-state index contributed by atoms with van der Waals surface area (Å²) in [6.45, 7) is 2.50. The third-order valence-corrected chi connectivity index (χ3v) is 9.16. The first-order valence-corrected chi connectivity index (χ1v) is 23.1. The third kappa shape index (κ3) is 40.7. The molecule has 0 saturated heterocycles. The van der Waals surface area contributed by atoms with Crippen LogP contribution in [0, 0.1) is 0 Å². The number of hydrogen-bond donors (Lipinski definition) is 3. The second-order valence-electron chi connectivity index (χ2n) is 13.7. The maximum absolute atomic E-state index is 12.6. The molecule has 0 aliphatic rings. The zero-order valence-electron chi connectivity index (χ0n) is 36.2. The number of rotatable bonds is 38. The molecule has 0 aromatic rings. The van der Waals surface area contributed by atoms with E-state index in [9.17, 15) is 23.8 Å². The molecule has 0 fully saturated rings. The highest BCUT2D eigenvalue weighted by Gasteiger charge is 2.28. The van der Waals surface area contributed by atoms with Crippen LogP contribution < -0.4 is 5.73 Å². The fourth-order valence-corrected chi connectivity index (χ4v) is 5.62. The highest BCUT2D eigenvalue weighted by atomic mass is 31.2. The van der Waals surface area contributed by atoms with Gasteiger partial charge in [0.15, 0.2) is 6.10 Å². The molecule has 0 spiro atoms. The summed E-state index contributed by atoms with van der Waals surface area (Å²) in [5.41, 5.74) is 5.32. The average Bonchev–Trinajstić information content (AvgIpc) is 3.22. The zero-order chi connectivity index (χ0) is 44.2. The molecule has 0 aliphatic heterocycles. The van der Waals surface area contributed by atoms with E-state index >= 15 is 0 Å². The lowest BCUT2D eigenvalue weighted by Gasteiger charge is -2.20. The van der Waals surface area contributed by atoms with Crippen molar-refractivity contribution in [3.05, 3.63) is 122 Å². The van der Waals surface area contributed by atoms with Crippen LogP contribution in [0.15, 0.2) is 122 Å². The monoisotopic (exact) mass is 856 g/mol. The molecule has 11 nitrogen and oxygen atoms in total. The van der Waals surface area contributed by atoms with Crippen molar-refractivity contribution in [2.45, 2.75) is 142 Å². The molecule has 0 aromatic carbocycles. The van der Waals surface area contributed by atoms with Crippen LogP contribution in [0.2, 0.25) is 0 Å². The largest absolute Gasteiger partial charge is 0.480 e. The molecular weight excluding hydrogens is 781 g/mol. The summed E-state index contributed by atoms with van der Waals surface area (Å²) in [6.07, 6.45) is 55.7. The van der Waals surface area contributed by atoms with E-state index in [1.165, 1.54) is 19.3 Å². The topological polar surface area (TPSA) is 172 Å². The molecular formula is C48H74NO10P. The van der Waals surface area contributed by atoms with E-state index in [2.05, 4.69) is 110 Å². The molecule has 0 aliphatic carbocycles. The van der Waals surface area contributed by atoms with Gasteiger partial charge in [-0.3, -0.25) is 23.4 Å². The minimum atomic E-state index is -4.76. The number of allylic oxidation sites excluding steroid dienone is 20. The fourth-order valence-electron chi connectivity index (χ4n) is 4.85. The molecule has 1 unspecified atom stereocenters. The van der Waals surface area contributed by atoms with Crippen LogP contribution in [-0.2, 0) is 37.5 Å². The van der Waals surface area contributed by atoms with Crippen molar-refractivity contribution >= 4 is 25.7 Å². The third-order valence-electron chi connectivity index (χ3n) is 8.21. The summed E-state index contributed by atoms with van der Waals surface area (Å²) in [5, 5.41) is 8.89. The Labute approximate surface area is 360 Å². The number of carbonyl (C=O) groups excluding carboxylic acids is 2. The smallest absolute Gasteiger partial charge is 0.472 e. The van der Waals surface area contributed by atoms with Gasteiger partial charge >= 0.3 is 25.7 Å². The first kappa shape index (κ1) is 55.9. The van der Waals surface area contributed by atoms with Crippen LogP contribution in [0.4, 0.5) is 0 Å². The lowest BCUT2D eigenvalue weighted by Crippen LogP contribution is -2.34. The Morgan fingerprint density at radius 1 is 0.533 bits per heavy atom. The van der Waals surface area contributed by atoms with E-state index < -0.39 is 57.7 Å². The predicted octanol–water partition coefficient (Wildman–Crippen LogP) is 11.6.